The normalized spacial score (nSPS) is 13.3. The number of nitrogens with one attached hydrogen (secondary N) is 1. The summed E-state index contributed by atoms with van der Waals surface area (Å²) < 4.78 is 10.5. The molecule has 0 saturated carbocycles. The van der Waals surface area contributed by atoms with Gasteiger partial charge in [-0.2, -0.15) is 5.10 Å². The molecule has 1 amide bonds. The molecular formula is C15H14N2O3S. The summed E-state index contributed by atoms with van der Waals surface area (Å²) in [5.41, 5.74) is 3.94. The van der Waals surface area contributed by atoms with Gasteiger partial charge in [-0.25, -0.2) is 5.43 Å². The Morgan fingerprint density at radius 1 is 1.33 bits per heavy atom. The van der Waals surface area contributed by atoms with Gasteiger partial charge in [0, 0.05) is 5.56 Å². The Morgan fingerprint density at radius 3 is 2.95 bits per heavy atom. The summed E-state index contributed by atoms with van der Waals surface area (Å²) in [4.78, 5) is 13.2. The predicted molar refractivity (Wildman–Crippen MR) is 81.2 cm³/mol. The van der Waals surface area contributed by atoms with Gasteiger partial charge in [0.15, 0.2) is 11.5 Å². The lowest BCUT2D eigenvalue weighted by atomic mass is 10.2. The van der Waals surface area contributed by atoms with Crippen LogP contribution in [0.2, 0.25) is 0 Å². The molecule has 1 N–H and O–H groups in total. The van der Waals surface area contributed by atoms with Crippen molar-refractivity contribution in [2.45, 2.75) is 13.3 Å². The average Bonchev–Trinajstić information content (AvgIpc) is 3.18. The van der Waals surface area contributed by atoms with Crippen molar-refractivity contribution in [3.05, 3.63) is 46.2 Å². The molecular weight excluding hydrogens is 288 g/mol. The third kappa shape index (κ3) is 2.90. The van der Waals surface area contributed by atoms with Crippen LogP contribution in [0.1, 0.15) is 28.6 Å². The molecule has 1 aromatic carbocycles. The van der Waals surface area contributed by atoms with Crippen LogP contribution in [-0.2, 0) is 0 Å². The number of rotatable bonds is 4. The molecule has 1 aliphatic rings. The van der Waals surface area contributed by atoms with Gasteiger partial charge in [0.2, 0.25) is 6.79 Å². The van der Waals surface area contributed by atoms with E-state index in [0.717, 1.165) is 17.0 Å². The number of nitrogens with zero attached hydrogens (tertiary/aromatic N) is 1. The van der Waals surface area contributed by atoms with E-state index in [2.05, 4.69) is 10.5 Å². The zero-order chi connectivity index (χ0) is 14.7. The minimum Gasteiger partial charge on any atom is -0.454 e. The molecule has 1 aromatic heterocycles. The molecule has 0 atom stereocenters. The van der Waals surface area contributed by atoms with E-state index >= 15 is 0 Å². The highest BCUT2D eigenvalue weighted by molar-refractivity contribution is 7.12. The quantitative estimate of drug-likeness (QED) is 0.697. The number of benzene rings is 1. The maximum absolute atomic E-state index is 12.1. The van der Waals surface area contributed by atoms with Gasteiger partial charge in [0.05, 0.1) is 10.6 Å². The van der Waals surface area contributed by atoms with Gasteiger partial charge in [-0.05, 0) is 36.1 Å². The number of thiophene rings is 1. The summed E-state index contributed by atoms with van der Waals surface area (Å²) in [6.45, 7) is 2.20. The lowest BCUT2D eigenvalue weighted by molar-refractivity contribution is 0.0954. The van der Waals surface area contributed by atoms with Gasteiger partial charge in [-0.3, -0.25) is 4.79 Å². The predicted octanol–water partition coefficient (Wildman–Crippen LogP) is 3.02. The minimum absolute atomic E-state index is 0.191. The van der Waals surface area contributed by atoms with Crippen LogP contribution < -0.4 is 14.9 Å². The number of carbonyl (C=O) groups is 1. The highest BCUT2D eigenvalue weighted by atomic mass is 32.1. The molecule has 0 fully saturated rings. The van der Waals surface area contributed by atoms with E-state index in [1.807, 2.05) is 24.4 Å². The largest absolute Gasteiger partial charge is 0.454 e. The van der Waals surface area contributed by atoms with Crippen LogP contribution in [0, 0.1) is 0 Å². The van der Waals surface area contributed by atoms with Crippen LogP contribution in [-0.4, -0.2) is 18.4 Å². The van der Waals surface area contributed by atoms with Gasteiger partial charge in [0.25, 0.3) is 5.91 Å². The van der Waals surface area contributed by atoms with Crippen LogP contribution in [0.3, 0.4) is 0 Å². The maximum Gasteiger partial charge on any atom is 0.271 e. The smallest absolute Gasteiger partial charge is 0.271 e. The van der Waals surface area contributed by atoms with Crippen molar-refractivity contribution in [2.24, 2.45) is 5.10 Å². The molecule has 0 unspecified atom stereocenters. The second-order valence-electron chi connectivity index (χ2n) is 4.40. The second-order valence-corrected chi connectivity index (χ2v) is 5.35. The molecule has 1 aliphatic heterocycles. The Balaban J connectivity index is 1.74. The highest BCUT2D eigenvalue weighted by Crippen LogP contribution is 2.32. The summed E-state index contributed by atoms with van der Waals surface area (Å²) >= 11 is 1.60. The van der Waals surface area contributed by atoms with Crippen LogP contribution in [0.5, 0.6) is 11.5 Å². The number of carbonyl (C=O) groups excluding carboxylic acids is 1. The van der Waals surface area contributed by atoms with Crippen molar-refractivity contribution in [1.82, 2.24) is 5.43 Å². The maximum atomic E-state index is 12.1. The Bertz CT molecular complexity index is 680. The molecule has 6 heteroatoms. The standard InChI is InChI=1S/C15H14N2O3S/c1-2-11(14-4-3-7-21-14)16-17-15(18)10-5-6-12-13(8-10)20-9-19-12/h3-8H,2,9H2,1H3,(H,17,18)/b16-11-. The van der Waals surface area contributed by atoms with E-state index in [9.17, 15) is 4.79 Å². The topological polar surface area (TPSA) is 59.9 Å². The molecule has 2 aromatic rings. The van der Waals surface area contributed by atoms with E-state index in [0.29, 0.717) is 17.1 Å². The summed E-state index contributed by atoms with van der Waals surface area (Å²) in [7, 11) is 0. The fourth-order valence-corrected chi connectivity index (χ4v) is 2.76. The van der Waals surface area contributed by atoms with Crippen LogP contribution in [0.25, 0.3) is 0 Å². The fourth-order valence-electron chi connectivity index (χ4n) is 1.97. The van der Waals surface area contributed by atoms with Crippen LogP contribution in [0.15, 0.2) is 40.8 Å². The fraction of sp³-hybridized carbons (Fsp3) is 0.200. The Kier molecular flexibility index (Phi) is 3.87. The number of fused-ring (bicyclic) bond motifs is 1. The van der Waals surface area contributed by atoms with E-state index in [-0.39, 0.29) is 12.7 Å². The summed E-state index contributed by atoms with van der Waals surface area (Å²) in [6.07, 6.45) is 0.752. The first kappa shape index (κ1) is 13.6. The molecule has 0 saturated heterocycles. The van der Waals surface area contributed by atoms with Crippen molar-refractivity contribution in [3.63, 3.8) is 0 Å². The lowest BCUT2D eigenvalue weighted by Crippen LogP contribution is -2.19. The third-order valence-electron chi connectivity index (χ3n) is 3.07. The van der Waals surface area contributed by atoms with Crippen molar-refractivity contribution < 1.29 is 14.3 Å². The van der Waals surface area contributed by atoms with Crippen LogP contribution in [0.4, 0.5) is 0 Å². The third-order valence-corrected chi connectivity index (χ3v) is 3.99. The van der Waals surface area contributed by atoms with E-state index in [1.165, 1.54) is 0 Å². The number of hydrogen-bond donors (Lipinski definition) is 1. The van der Waals surface area contributed by atoms with Gasteiger partial charge in [-0.15, -0.1) is 11.3 Å². The van der Waals surface area contributed by atoms with Gasteiger partial charge >= 0.3 is 0 Å². The van der Waals surface area contributed by atoms with Gasteiger partial charge < -0.3 is 9.47 Å². The van der Waals surface area contributed by atoms with Crippen LogP contribution >= 0.6 is 11.3 Å². The Morgan fingerprint density at radius 2 is 2.19 bits per heavy atom. The summed E-state index contributed by atoms with van der Waals surface area (Å²) in [5, 5.41) is 6.20. The second kappa shape index (κ2) is 5.97. The van der Waals surface area contributed by atoms with Gasteiger partial charge in [0.1, 0.15) is 0 Å². The average molecular weight is 302 g/mol. The summed E-state index contributed by atoms with van der Waals surface area (Å²) in [6, 6.07) is 9.02. The number of hydrogen-bond acceptors (Lipinski definition) is 5. The monoisotopic (exact) mass is 302 g/mol. The highest BCUT2D eigenvalue weighted by Gasteiger charge is 2.16. The molecule has 2 heterocycles. The molecule has 0 radical (unpaired) electrons. The molecule has 0 spiro atoms. The SMILES string of the molecule is CC/C(=N/NC(=O)c1ccc2c(c1)OCO2)c1cccs1. The first-order valence-corrected chi connectivity index (χ1v) is 7.46. The minimum atomic E-state index is -0.268. The molecule has 3 rings (SSSR count). The van der Waals surface area contributed by atoms with Crippen molar-refractivity contribution in [1.29, 1.82) is 0 Å². The lowest BCUT2D eigenvalue weighted by Gasteiger charge is -2.04. The van der Waals surface area contributed by atoms with Crippen molar-refractivity contribution >= 4 is 23.0 Å². The van der Waals surface area contributed by atoms with E-state index in [1.54, 1.807) is 29.5 Å². The number of amides is 1. The van der Waals surface area contributed by atoms with E-state index in [4.69, 9.17) is 9.47 Å². The molecule has 0 aliphatic carbocycles. The first-order chi connectivity index (χ1) is 10.3. The number of ether oxygens (including phenoxy) is 2. The summed E-state index contributed by atoms with van der Waals surface area (Å²) in [5.74, 6) is 0.972. The Labute approximate surface area is 126 Å². The van der Waals surface area contributed by atoms with E-state index < -0.39 is 0 Å². The Hall–Kier alpha value is -2.34. The molecule has 0 bridgehead atoms. The molecule has 21 heavy (non-hydrogen) atoms. The van der Waals surface area contributed by atoms with Crippen molar-refractivity contribution in [2.75, 3.05) is 6.79 Å². The van der Waals surface area contributed by atoms with Gasteiger partial charge in [-0.1, -0.05) is 13.0 Å². The zero-order valence-electron chi connectivity index (χ0n) is 11.5. The molecule has 5 nitrogen and oxygen atoms in total. The van der Waals surface area contributed by atoms with Crippen molar-refractivity contribution in [3.8, 4) is 11.5 Å². The zero-order valence-corrected chi connectivity index (χ0v) is 12.3. The first-order valence-electron chi connectivity index (χ1n) is 6.58. The molecule has 108 valence electrons. The number of hydrazone groups is 1.